The van der Waals surface area contributed by atoms with E-state index in [2.05, 4.69) is 24.1 Å². The molecule has 24 heavy (non-hydrogen) atoms. The van der Waals surface area contributed by atoms with E-state index >= 15 is 0 Å². The van der Waals surface area contributed by atoms with Crippen molar-refractivity contribution in [2.75, 3.05) is 6.54 Å². The van der Waals surface area contributed by atoms with Crippen LogP contribution in [0.2, 0.25) is 0 Å². The largest absolute Gasteiger partial charge is 0.460 e. The molecule has 2 N–H and O–H groups in total. The quantitative estimate of drug-likeness (QED) is 0.462. The van der Waals surface area contributed by atoms with E-state index in [4.69, 9.17) is 4.74 Å². The highest BCUT2D eigenvalue weighted by molar-refractivity contribution is 5.74. The summed E-state index contributed by atoms with van der Waals surface area (Å²) in [4.78, 5) is 11.7. The summed E-state index contributed by atoms with van der Waals surface area (Å²) in [5, 5.41) is 5.59. The van der Waals surface area contributed by atoms with Gasteiger partial charge in [-0.25, -0.2) is 4.79 Å². The second-order valence-electron chi connectivity index (χ2n) is 5.53. The Kier molecular flexibility index (Phi) is 11.1. The topological polar surface area (TPSA) is 50.4 Å². The van der Waals surface area contributed by atoms with Gasteiger partial charge in [-0.3, -0.25) is 0 Å². The van der Waals surface area contributed by atoms with E-state index in [9.17, 15) is 4.79 Å². The average molecular weight is 332 g/mol. The molecule has 0 aromatic heterocycles. The summed E-state index contributed by atoms with van der Waals surface area (Å²) in [6.07, 6.45) is 10.6. The molecule has 0 rings (SSSR count). The van der Waals surface area contributed by atoms with E-state index in [0.29, 0.717) is 12.3 Å². The lowest BCUT2D eigenvalue weighted by atomic mass is 10.1. The number of carbonyl (C=O) groups is 1. The maximum Gasteiger partial charge on any atom is 0.315 e. The number of urea groups is 1. The fraction of sp³-hybridized carbons (Fsp3) is 0.450. The lowest BCUT2D eigenvalue weighted by molar-refractivity contribution is 0.231. The van der Waals surface area contributed by atoms with Crippen LogP contribution in [-0.4, -0.2) is 18.6 Å². The second kappa shape index (κ2) is 12.2. The summed E-state index contributed by atoms with van der Waals surface area (Å²) in [7, 11) is 0. The normalized spacial score (nSPS) is 14.5. The van der Waals surface area contributed by atoms with Gasteiger partial charge in [-0.15, -0.1) is 0 Å². The molecule has 0 aliphatic rings. The highest BCUT2D eigenvalue weighted by atomic mass is 16.5. The third-order valence-electron chi connectivity index (χ3n) is 3.30. The van der Waals surface area contributed by atoms with Gasteiger partial charge in [0.25, 0.3) is 0 Å². The molecule has 0 radical (unpaired) electrons. The summed E-state index contributed by atoms with van der Waals surface area (Å²) in [6, 6.07) is -0.471. The SMILES string of the molecule is C=C(C)/C(C)=C\C(=C/C)O/C(=C/C=C\CC)C(C)NC(=O)NCC. The van der Waals surface area contributed by atoms with E-state index in [1.807, 2.05) is 65.0 Å². The first-order chi connectivity index (χ1) is 11.3. The van der Waals surface area contributed by atoms with Crippen LogP contribution >= 0.6 is 0 Å². The Morgan fingerprint density at radius 1 is 1.29 bits per heavy atom. The second-order valence-corrected chi connectivity index (χ2v) is 5.53. The maximum atomic E-state index is 11.7. The average Bonchev–Trinajstić information content (AvgIpc) is 2.52. The number of allylic oxidation sites excluding steroid dienone is 7. The van der Waals surface area contributed by atoms with Crippen LogP contribution in [0.4, 0.5) is 4.79 Å². The summed E-state index contributed by atoms with van der Waals surface area (Å²) < 4.78 is 6.02. The van der Waals surface area contributed by atoms with Crippen molar-refractivity contribution in [2.24, 2.45) is 0 Å². The van der Waals surface area contributed by atoms with Crippen molar-refractivity contribution in [3.8, 4) is 0 Å². The minimum absolute atomic E-state index is 0.213. The van der Waals surface area contributed by atoms with Crippen LogP contribution in [0.5, 0.6) is 0 Å². The van der Waals surface area contributed by atoms with Gasteiger partial charge in [0.2, 0.25) is 0 Å². The number of carbonyl (C=O) groups excluding carboxylic acids is 1. The fourth-order valence-electron chi connectivity index (χ4n) is 1.69. The molecule has 2 amide bonds. The lowest BCUT2D eigenvalue weighted by Gasteiger charge is -2.19. The Labute approximate surface area is 147 Å². The Balaban J connectivity index is 5.30. The summed E-state index contributed by atoms with van der Waals surface area (Å²) in [5.41, 5.74) is 2.04. The molecule has 0 heterocycles. The van der Waals surface area contributed by atoms with Gasteiger partial charge in [0, 0.05) is 6.54 Å². The van der Waals surface area contributed by atoms with Crippen molar-refractivity contribution < 1.29 is 9.53 Å². The van der Waals surface area contributed by atoms with Crippen molar-refractivity contribution >= 4 is 6.03 Å². The highest BCUT2D eigenvalue weighted by Crippen LogP contribution is 2.16. The molecule has 4 heteroatoms. The maximum absolute atomic E-state index is 11.7. The standard InChI is InChI=1S/C20H32N2O2/c1-8-11-12-13-19(17(7)22-20(23)21-10-3)24-18(9-2)14-16(6)15(4)5/h9,11-14,17H,4,8,10H2,1-3,5-7H3,(H2,21,22,23)/b12-11-,16-14-,18-9+,19-13+. The Hall–Kier alpha value is -2.23. The molecule has 0 aromatic carbocycles. The van der Waals surface area contributed by atoms with Gasteiger partial charge in [-0.2, -0.15) is 0 Å². The van der Waals surface area contributed by atoms with Gasteiger partial charge < -0.3 is 15.4 Å². The lowest BCUT2D eigenvalue weighted by Crippen LogP contribution is -2.41. The number of nitrogens with one attached hydrogen (secondary N) is 2. The van der Waals surface area contributed by atoms with Crippen LogP contribution in [0.3, 0.4) is 0 Å². The number of amides is 2. The molecule has 134 valence electrons. The minimum atomic E-state index is -0.258. The molecule has 1 unspecified atom stereocenters. The third kappa shape index (κ3) is 9.03. The van der Waals surface area contributed by atoms with Crippen LogP contribution in [0.25, 0.3) is 0 Å². The first-order valence-corrected chi connectivity index (χ1v) is 8.45. The van der Waals surface area contributed by atoms with E-state index < -0.39 is 0 Å². The molecule has 0 aliphatic carbocycles. The fourth-order valence-corrected chi connectivity index (χ4v) is 1.69. The van der Waals surface area contributed by atoms with Crippen LogP contribution < -0.4 is 10.6 Å². The van der Waals surface area contributed by atoms with Crippen molar-refractivity contribution in [2.45, 2.75) is 54.0 Å². The van der Waals surface area contributed by atoms with Gasteiger partial charge in [-0.05, 0) is 64.8 Å². The summed E-state index contributed by atoms with van der Waals surface area (Å²) in [5.74, 6) is 1.39. The zero-order chi connectivity index (χ0) is 18.5. The zero-order valence-corrected chi connectivity index (χ0v) is 15.9. The van der Waals surface area contributed by atoms with Crippen molar-refractivity contribution in [3.63, 3.8) is 0 Å². The Bertz CT molecular complexity index is 540. The van der Waals surface area contributed by atoms with Gasteiger partial charge in [0.15, 0.2) is 0 Å². The minimum Gasteiger partial charge on any atom is -0.460 e. The summed E-state index contributed by atoms with van der Waals surface area (Å²) in [6.45, 7) is 16.2. The molecular formula is C20H32N2O2. The van der Waals surface area contributed by atoms with E-state index in [-0.39, 0.29) is 12.1 Å². The number of hydrogen-bond acceptors (Lipinski definition) is 2. The number of rotatable bonds is 9. The molecule has 0 fully saturated rings. The summed E-state index contributed by atoms with van der Waals surface area (Å²) >= 11 is 0. The third-order valence-corrected chi connectivity index (χ3v) is 3.30. The Morgan fingerprint density at radius 2 is 1.96 bits per heavy atom. The van der Waals surface area contributed by atoms with Gasteiger partial charge >= 0.3 is 6.03 Å². The molecule has 0 aliphatic heterocycles. The van der Waals surface area contributed by atoms with E-state index in [1.165, 1.54) is 0 Å². The first kappa shape index (κ1) is 21.8. The molecule has 4 nitrogen and oxygen atoms in total. The molecule has 0 saturated carbocycles. The van der Waals surface area contributed by atoms with Gasteiger partial charge in [-0.1, -0.05) is 31.2 Å². The number of ether oxygens (including phenoxy) is 1. The molecule has 0 bridgehead atoms. The van der Waals surface area contributed by atoms with Gasteiger partial charge in [0.1, 0.15) is 11.5 Å². The van der Waals surface area contributed by atoms with Crippen molar-refractivity contribution in [3.05, 3.63) is 59.6 Å². The van der Waals surface area contributed by atoms with E-state index in [0.717, 1.165) is 23.3 Å². The van der Waals surface area contributed by atoms with Crippen molar-refractivity contribution in [1.29, 1.82) is 0 Å². The van der Waals surface area contributed by atoms with Crippen LogP contribution in [0.15, 0.2) is 59.6 Å². The van der Waals surface area contributed by atoms with Crippen LogP contribution in [0, 0.1) is 0 Å². The molecule has 0 saturated heterocycles. The molecule has 1 atom stereocenters. The smallest absolute Gasteiger partial charge is 0.315 e. The zero-order valence-electron chi connectivity index (χ0n) is 15.9. The highest BCUT2D eigenvalue weighted by Gasteiger charge is 2.14. The number of hydrogen-bond donors (Lipinski definition) is 2. The van der Waals surface area contributed by atoms with Crippen LogP contribution in [-0.2, 0) is 4.74 Å². The first-order valence-electron chi connectivity index (χ1n) is 8.45. The molecule has 0 aromatic rings. The Morgan fingerprint density at radius 3 is 2.46 bits per heavy atom. The van der Waals surface area contributed by atoms with E-state index in [1.54, 1.807) is 0 Å². The molecule has 0 spiro atoms. The van der Waals surface area contributed by atoms with Gasteiger partial charge in [0.05, 0.1) is 6.04 Å². The predicted octanol–water partition coefficient (Wildman–Crippen LogP) is 4.99. The van der Waals surface area contributed by atoms with Crippen molar-refractivity contribution in [1.82, 2.24) is 10.6 Å². The monoisotopic (exact) mass is 332 g/mol. The van der Waals surface area contributed by atoms with Crippen LogP contribution in [0.1, 0.15) is 48.0 Å². The molecular weight excluding hydrogens is 300 g/mol. The predicted molar refractivity (Wildman–Crippen MR) is 103 cm³/mol.